The second-order valence-corrected chi connectivity index (χ2v) is 8.43. The Morgan fingerprint density at radius 2 is 1.97 bits per heavy atom. The van der Waals surface area contributed by atoms with Crippen molar-refractivity contribution in [3.63, 3.8) is 0 Å². The van der Waals surface area contributed by atoms with Crippen molar-refractivity contribution < 1.29 is 14.3 Å². The predicted molar refractivity (Wildman–Crippen MR) is 126 cm³/mol. The van der Waals surface area contributed by atoms with Crippen LogP contribution >= 0.6 is 11.8 Å². The molecule has 3 aromatic rings. The average molecular weight is 440 g/mol. The lowest BCUT2D eigenvalue weighted by atomic mass is 10.1. The van der Waals surface area contributed by atoms with E-state index in [2.05, 4.69) is 22.2 Å². The summed E-state index contributed by atoms with van der Waals surface area (Å²) in [5.74, 6) is 1.21. The number of hydrogen-bond donors (Lipinski definition) is 2. The zero-order valence-corrected chi connectivity index (χ0v) is 19.1. The topological polar surface area (TPSA) is 84.1 Å². The van der Waals surface area contributed by atoms with Gasteiger partial charge in [-0.3, -0.25) is 4.79 Å². The number of imidazole rings is 1. The van der Waals surface area contributed by atoms with Crippen molar-refractivity contribution in [3.05, 3.63) is 65.0 Å². The Labute approximate surface area is 187 Å². The number of rotatable bonds is 9. The average Bonchev–Trinajstić information content (AvgIpc) is 3.16. The van der Waals surface area contributed by atoms with Crippen molar-refractivity contribution in [2.24, 2.45) is 0 Å². The Bertz CT molecular complexity index is 1030. The summed E-state index contributed by atoms with van der Waals surface area (Å²) in [6.07, 6.45) is 2.51. The summed E-state index contributed by atoms with van der Waals surface area (Å²) >= 11 is 1.09. The molecule has 164 valence electrons. The summed E-state index contributed by atoms with van der Waals surface area (Å²) in [6, 6.07) is 13.4. The fourth-order valence-corrected chi connectivity index (χ4v) is 4.21. The normalized spacial score (nSPS) is 12.0. The highest BCUT2D eigenvalue weighted by Crippen LogP contribution is 2.20. The fourth-order valence-electron chi connectivity index (χ4n) is 3.48. The number of thioether (sulfide) groups is 1. The van der Waals surface area contributed by atoms with Crippen LogP contribution in [0.4, 0.5) is 4.79 Å². The number of carbonyl (C=O) groups excluding carboxylic acids is 2. The summed E-state index contributed by atoms with van der Waals surface area (Å²) in [7, 11) is 0. The first-order chi connectivity index (χ1) is 15.0. The molecule has 0 aliphatic heterocycles. The number of nitrogens with one attached hydrogen (secondary N) is 2. The monoisotopic (exact) mass is 439 g/mol. The lowest BCUT2D eigenvalue weighted by molar-refractivity contribution is 0.0940. The molecule has 2 N–H and O–H groups in total. The van der Waals surface area contributed by atoms with Crippen molar-refractivity contribution in [3.8, 4) is 0 Å². The third kappa shape index (κ3) is 6.34. The van der Waals surface area contributed by atoms with Crippen molar-refractivity contribution in [1.82, 2.24) is 15.3 Å². The van der Waals surface area contributed by atoms with E-state index < -0.39 is 0 Å². The number of aromatic nitrogens is 2. The minimum absolute atomic E-state index is 0.165. The second kappa shape index (κ2) is 11.0. The third-order valence-electron chi connectivity index (χ3n) is 4.90. The van der Waals surface area contributed by atoms with E-state index in [-0.39, 0.29) is 17.3 Å². The molecule has 0 radical (unpaired) electrons. The van der Waals surface area contributed by atoms with Crippen LogP contribution in [-0.2, 0) is 17.6 Å². The van der Waals surface area contributed by atoms with Crippen LogP contribution in [0.1, 0.15) is 47.6 Å². The summed E-state index contributed by atoms with van der Waals surface area (Å²) in [6.45, 7) is 6.19. The molecule has 0 aliphatic carbocycles. The molecular weight excluding hydrogens is 410 g/mol. The molecule has 0 unspecified atom stereocenters. The van der Waals surface area contributed by atoms with Crippen LogP contribution in [0.3, 0.4) is 0 Å². The number of amides is 1. The van der Waals surface area contributed by atoms with Gasteiger partial charge in [0.05, 0.1) is 17.6 Å². The molecule has 1 heterocycles. The van der Waals surface area contributed by atoms with Gasteiger partial charge in [-0.1, -0.05) is 37.3 Å². The smallest absolute Gasteiger partial charge is 0.367 e. The molecule has 3 rings (SSSR count). The minimum atomic E-state index is -0.326. The maximum Gasteiger partial charge on any atom is 0.367 e. The molecule has 0 fully saturated rings. The van der Waals surface area contributed by atoms with Crippen LogP contribution in [-0.4, -0.2) is 39.6 Å². The number of H-pyrrole nitrogens is 1. The van der Waals surface area contributed by atoms with Gasteiger partial charge >= 0.3 is 5.30 Å². The molecule has 0 saturated heterocycles. The van der Waals surface area contributed by atoms with E-state index in [1.807, 2.05) is 49.4 Å². The quantitative estimate of drug-likeness (QED) is 0.456. The first-order valence-electron chi connectivity index (χ1n) is 10.6. The van der Waals surface area contributed by atoms with E-state index in [0.717, 1.165) is 52.6 Å². The van der Waals surface area contributed by atoms with E-state index in [0.29, 0.717) is 24.3 Å². The largest absolute Gasteiger partial charge is 0.458 e. The molecule has 6 nitrogen and oxygen atoms in total. The van der Waals surface area contributed by atoms with Gasteiger partial charge in [0.2, 0.25) is 0 Å². The molecule has 1 amide bonds. The van der Waals surface area contributed by atoms with E-state index >= 15 is 0 Å². The van der Waals surface area contributed by atoms with Gasteiger partial charge in [0.15, 0.2) is 0 Å². The summed E-state index contributed by atoms with van der Waals surface area (Å²) < 4.78 is 5.02. The lowest BCUT2D eigenvalue weighted by Crippen LogP contribution is -2.38. The van der Waals surface area contributed by atoms with Gasteiger partial charge in [-0.25, -0.2) is 9.78 Å². The first-order valence-corrected chi connectivity index (χ1v) is 11.6. The Kier molecular flexibility index (Phi) is 8.12. The molecule has 1 aromatic heterocycles. The maximum absolute atomic E-state index is 13.1. The summed E-state index contributed by atoms with van der Waals surface area (Å²) in [5.41, 5.74) is 4.41. The Hall–Kier alpha value is -2.80. The Morgan fingerprint density at radius 3 is 2.68 bits per heavy atom. The SMILES string of the molecule is CCCc1nc2c(C)cc(C(=O)N[C@@H](CSC(=O)OCC)Cc3ccccc3)cc2[nH]1. The van der Waals surface area contributed by atoms with E-state index in [4.69, 9.17) is 4.74 Å². The van der Waals surface area contributed by atoms with Crippen LogP contribution in [0.5, 0.6) is 0 Å². The van der Waals surface area contributed by atoms with Crippen LogP contribution in [0, 0.1) is 6.92 Å². The van der Waals surface area contributed by atoms with E-state index in [1.165, 1.54) is 0 Å². The standard InChI is InChI=1S/C24H29N3O3S/c1-4-9-21-26-20-14-18(12-16(3)22(20)27-21)23(28)25-19(15-31-24(29)30-5-2)13-17-10-7-6-8-11-17/h6-8,10-12,14,19H,4-5,9,13,15H2,1-3H3,(H,25,28)(H,26,27)/t19-/m1/s1. The van der Waals surface area contributed by atoms with Crippen molar-refractivity contribution >= 4 is 34.0 Å². The zero-order valence-electron chi connectivity index (χ0n) is 18.2. The van der Waals surface area contributed by atoms with Crippen LogP contribution in [0.15, 0.2) is 42.5 Å². The second-order valence-electron chi connectivity index (χ2n) is 7.48. The number of aryl methyl sites for hydroxylation is 2. The molecular formula is C24H29N3O3S. The van der Waals surface area contributed by atoms with Gasteiger partial charge in [-0.05, 0) is 61.7 Å². The highest BCUT2D eigenvalue weighted by molar-refractivity contribution is 8.13. The first kappa shape index (κ1) is 22.9. The van der Waals surface area contributed by atoms with E-state index in [1.54, 1.807) is 6.92 Å². The Balaban J connectivity index is 1.77. The molecule has 2 aromatic carbocycles. The minimum Gasteiger partial charge on any atom is -0.458 e. The molecule has 31 heavy (non-hydrogen) atoms. The van der Waals surface area contributed by atoms with Crippen LogP contribution in [0.2, 0.25) is 0 Å². The van der Waals surface area contributed by atoms with Crippen molar-refractivity contribution in [2.75, 3.05) is 12.4 Å². The molecule has 1 atom stereocenters. The van der Waals surface area contributed by atoms with Gasteiger partial charge in [0.25, 0.3) is 5.91 Å². The number of aromatic amines is 1. The molecule has 7 heteroatoms. The van der Waals surface area contributed by atoms with E-state index in [9.17, 15) is 9.59 Å². The number of benzene rings is 2. The van der Waals surface area contributed by atoms with Crippen molar-refractivity contribution in [1.29, 1.82) is 0 Å². The predicted octanol–water partition coefficient (Wildman–Crippen LogP) is 5.05. The molecule has 0 aliphatic rings. The van der Waals surface area contributed by atoms with Gasteiger partial charge in [0.1, 0.15) is 5.82 Å². The molecule has 0 spiro atoms. The van der Waals surface area contributed by atoms with Crippen LogP contribution < -0.4 is 5.32 Å². The third-order valence-corrected chi connectivity index (χ3v) is 5.82. The highest BCUT2D eigenvalue weighted by atomic mass is 32.2. The lowest BCUT2D eigenvalue weighted by Gasteiger charge is -2.18. The fraction of sp³-hybridized carbons (Fsp3) is 0.375. The number of ether oxygens (including phenoxy) is 1. The Morgan fingerprint density at radius 1 is 1.19 bits per heavy atom. The van der Waals surface area contributed by atoms with Crippen molar-refractivity contribution in [2.45, 2.75) is 46.1 Å². The van der Waals surface area contributed by atoms with Gasteiger partial charge in [-0.2, -0.15) is 0 Å². The van der Waals surface area contributed by atoms with Gasteiger partial charge in [-0.15, -0.1) is 0 Å². The van der Waals surface area contributed by atoms with Gasteiger partial charge < -0.3 is 15.0 Å². The molecule has 0 bridgehead atoms. The van der Waals surface area contributed by atoms with Crippen LogP contribution in [0.25, 0.3) is 11.0 Å². The number of hydrogen-bond acceptors (Lipinski definition) is 5. The maximum atomic E-state index is 13.1. The summed E-state index contributed by atoms with van der Waals surface area (Å²) in [5, 5.41) is 2.78. The zero-order chi connectivity index (χ0) is 22.2. The molecule has 0 saturated carbocycles. The number of fused-ring (bicyclic) bond motifs is 1. The van der Waals surface area contributed by atoms with Gasteiger partial charge in [0, 0.05) is 23.8 Å². The number of carbonyl (C=O) groups is 2. The number of nitrogens with zero attached hydrogens (tertiary/aromatic N) is 1. The summed E-state index contributed by atoms with van der Waals surface area (Å²) in [4.78, 5) is 32.9. The highest BCUT2D eigenvalue weighted by Gasteiger charge is 2.18.